The zero-order valence-electron chi connectivity index (χ0n) is 10.3. The molecule has 0 radical (unpaired) electrons. The lowest BCUT2D eigenvalue weighted by Crippen LogP contribution is -2.29. The van der Waals surface area contributed by atoms with Crippen LogP contribution in [-0.4, -0.2) is 51.7 Å². The van der Waals surface area contributed by atoms with Crippen LogP contribution in [0.3, 0.4) is 0 Å². The highest BCUT2D eigenvalue weighted by molar-refractivity contribution is 5.92. The van der Waals surface area contributed by atoms with E-state index in [4.69, 9.17) is 5.11 Å². The van der Waals surface area contributed by atoms with Crippen LogP contribution in [0.4, 0.5) is 5.95 Å². The molecule has 2 aliphatic heterocycles. The largest absolute Gasteiger partial charge is 0.396 e. The van der Waals surface area contributed by atoms with Crippen molar-refractivity contribution in [3.05, 3.63) is 11.9 Å². The van der Waals surface area contributed by atoms with Crippen LogP contribution in [0.5, 0.6) is 0 Å². The van der Waals surface area contributed by atoms with Crippen molar-refractivity contribution in [2.45, 2.75) is 19.4 Å². The molecule has 1 saturated heterocycles. The van der Waals surface area contributed by atoms with Gasteiger partial charge in [-0.2, -0.15) is 0 Å². The van der Waals surface area contributed by atoms with Gasteiger partial charge in [-0.1, -0.05) is 0 Å². The first kappa shape index (κ1) is 11.5. The van der Waals surface area contributed by atoms with E-state index in [-0.39, 0.29) is 18.4 Å². The number of aromatic nitrogens is 2. The van der Waals surface area contributed by atoms with Crippen molar-refractivity contribution in [3.8, 4) is 0 Å². The van der Waals surface area contributed by atoms with Crippen molar-refractivity contribution in [1.29, 1.82) is 0 Å². The van der Waals surface area contributed by atoms with Crippen LogP contribution in [-0.2, 0) is 6.54 Å². The SMILES string of the molecule is O=C(c1cn2c(n1)NCCC2)N1CCC(CO)C1. The Morgan fingerprint density at radius 3 is 3.17 bits per heavy atom. The Labute approximate surface area is 106 Å². The topological polar surface area (TPSA) is 70.4 Å². The first-order valence-electron chi connectivity index (χ1n) is 6.49. The second kappa shape index (κ2) is 4.61. The number of carbonyl (C=O) groups is 1. The maximum Gasteiger partial charge on any atom is 0.274 e. The Morgan fingerprint density at radius 2 is 2.44 bits per heavy atom. The van der Waals surface area contributed by atoms with Gasteiger partial charge in [-0.15, -0.1) is 0 Å². The summed E-state index contributed by atoms with van der Waals surface area (Å²) in [5.74, 6) is 1.00. The van der Waals surface area contributed by atoms with E-state index in [1.165, 1.54) is 0 Å². The van der Waals surface area contributed by atoms with Crippen molar-refractivity contribution < 1.29 is 9.90 Å². The standard InChI is InChI=1S/C12H18N4O2/c17-8-9-2-5-15(6-9)11(18)10-7-16-4-1-3-13-12(16)14-10/h7,9,17H,1-6,8H2,(H,13,14). The fourth-order valence-electron chi connectivity index (χ4n) is 2.61. The highest BCUT2D eigenvalue weighted by atomic mass is 16.3. The second-order valence-corrected chi connectivity index (χ2v) is 5.01. The van der Waals surface area contributed by atoms with E-state index < -0.39 is 0 Å². The minimum Gasteiger partial charge on any atom is -0.396 e. The maximum atomic E-state index is 12.3. The van der Waals surface area contributed by atoms with Gasteiger partial charge in [-0.05, 0) is 12.8 Å². The Morgan fingerprint density at radius 1 is 1.56 bits per heavy atom. The van der Waals surface area contributed by atoms with Crippen LogP contribution in [0.25, 0.3) is 0 Å². The van der Waals surface area contributed by atoms with E-state index in [9.17, 15) is 4.79 Å². The molecule has 1 amide bonds. The third kappa shape index (κ3) is 1.96. The van der Waals surface area contributed by atoms with E-state index in [2.05, 4.69) is 10.3 Å². The molecule has 0 bridgehead atoms. The fraction of sp³-hybridized carbons (Fsp3) is 0.667. The number of likely N-dealkylation sites (tertiary alicyclic amines) is 1. The van der Waals surface area contributed by atoms with Crippen molar-refractivity contribution in [2.24, 2.45) is 5.92 Å². The molecule has 1 aromatic heterocycles. The first-order chi connectivity index (χ1) is 8.78. The number of aliphatic hydroxyl groups excluding tert-OH is 1. The van der Waals surface area contributed by atoms with Crippen LogP contribution >= 0.6 is 0 Å². The predicted octanol–water partition coefficient (Wildman–Crippen LogP) is 0.153. The number of fused-ring (bicyclic) bond motifs is 1. The third-order valence-corrected chi connectivity index (χ3v) is 3.69. The van der Waals surface area contributed by atoms with E-state index >= 15 is 0 Å². The summed E-state index contributed by atoms with van der Waals surface area (Å²) in [7, 11) is 0. The Kier molecular flexibility index (Phi) is 2.95. The third-order valence-electron chi connectivity index (χ3n) is 3.69. The molecular formula is C12H18N4O2. The molecule has 6 nitrogen and oxygen atoms in total. The number of carbonyl (C=O) groups excluding carboxylic acids is 1. The summed E-state index contributed by atoms with van der Waals surface area (Å²) in [4.78, 5) is 18.4. The molecule has 1 atom stereocenters. The fourth-order valence-corrected chi connectivity index (χ4v) is 2.61. The van der Waals surface area contributed by atoms with Gasteiger partial charge in [0.25, 0.3) is 5.91 Å². The minimum atomic E-state index is -0.0188. The van der Waals surface area contributed by atoms with E-state index in [0.29, 0.717) is 12.2 Å². The molecular weight excluding hydrogens is 232 g/mol. The second-order valence-electron chi connectivity index (χ2n) is 5.01. The first-order valence-corrected chi connectivity index (χ1v) is 6.49. The Bertz CT molecular complexity index is 433. The van der Waals surface area contributed by atoms with Crippen LogP contribution in [0.15, 0.2) is 6.20 Å². The molecule has 0 aliphatic carbocycles. The number of aliphatic hydroxyl groups is 1. The number of nitrogens with one attached hydrogen (secondary N) is 1. The number of nitrogens with zero attached hydrogens (tertiary/aromatic N) is 3. The summed E-state index contributed by atoms with van der Waals surface area (Å²) in [6, 6.07) is 0. The van der Waals surface area contributed by atoms with Gasteiger partial charge in [-0.25, -0.2) is 4.98 Å². The minimum absolute atomic E-state index is 0.0188. The molecule has 0 aromatic carbocycles. The molecule has 3 rings (SSSR count). The van der Waals surface area contributed by atoms with Crippen LogP contribution < -0.4 is 5.32 Å². The summed E-state index contributed by atoms with van der Waals surface area (Å²) < 4.78 is 2.00. The summed E-state index contributed by atoms with van der Waals surface area (Å²) in [6.45, 7) is 3.36. The zero-order chi connectivity index (χ0) is 12.5. The van der Waals surface area contributed by atoms with Gasteiger partial charge in [0.2, 0.25) is 5.95 Å². The average molecular weight is 250 g/mol. The molecule has 3 heterocycles. The van der Waals surface area contributed by atoms with Crippen molar-refractivity contribution >= 4 is 11.9 Å². The quantitative estimate of drug-likeness (QED) is 0.784. The van der Waals surface area contributed by atoms with Crippen molar-refractivity contribution in [3.63, 3.8) is 0 Å². The van der Waals surface area contributed by atoms with Gasteiger partial charge in [0.15, 0.2) is 0 Å². The summed E-state index contributed by atoms with van der Waals surface area (Å²) in [6.07, 6.45) is 3.78. The van der Waals surface area contributed by atoms with Crippen molar-refractivity contribution in [2.75, 3.05) is 31.6 Å². The Hall–Kier alpha value is -1.56. The summed E-state index contributed by atoms with van der Waals surface area (Å²) in [5, 5.41) is 12.3. The van der Waals surface area contributed by atoms with Gasteiger partial charge in [0.1, 0.15) is 5.69 Å². The number of hydrogen-bond donors (Lipinski definition) is 2. The van der Waals surface area contributed by atoms with E-state index in [1.54, 1.807) is 4.90 Å². The monoisotopic (exact) mass is 250 g/mol. The molecule has 1 fully saturated rings. The molecule has 2 N–H and O–H groups in total. The van der Waals surface area contributed by atoms with E-state index in [0.717, 1.165) is 38.4 Å². The van der Waals surface area contributed by atoms with Gasteiger partial charge in [0.05, 0.1) is 0 Å². The number of amides is 1. The summed E-state index contributed by atoms with van der Waals surface area (Å²) in [5.41, 5.74) is 0.512. The van der Waals surface area contributed by atoms with E-state index in [1.807, 2.05) is 10.8 Å². The Balaban J connectivity index is 1.74. The van der Waals surface area contributed by atoms with Crippen molar-refractivity contribution in [1.82, 2.24) is 14.5 Å². The molecule has 0 spiro atoms. The molecule has 18 heavy (non-hydrogen) atoms. The summed E-state index contributed by atoms with van der Waals surface area (Å²) >= 11 is 0. The molecule has 6 heteroatoms. The van der Waals surface area contributed by atoms with Gasteiger partial charge in [0, 0.05) is 44.9 Å². The number of anilines is 1. The lowest BCUT2D eigenvalue weighted by Gasteiger charge is -2.14. The predicted molar refractivity (Wildman–Crippen MR) is 66.4 cm³/mol. The molecule has 98 valence electrons. The van der Waals surface area contributed by atoms with Crippen LogP contribution in [0.2, 0.25) is 0 Å². The van der Waals surface area contributed by atoms with Gasteiger partial charge < -0.3 is 19.9 Å². The molecule has 1 aromatic rings. The van der Waals surface area contributed by atoms with Crippen LogP contribution in [0, 0.1) is 5.92 Å². The van der Waals surface area contributed by atoms with Gasteiger partial charge in [-0.3, -0.25) is 4.79 Å². The number of imidazole rings is 1. The number of hydrogen-bond acceptors (Lipinski definition) is 4. The maximum absolute atomic E-state index is 12.3. The highest BCUT2D eigenvalue weighted by Crippen LogP contribution is 2.20. The molecule has 0 saturated carbocycles. The number of aryl methyl sites for hydroxylation is 1. The molecule has 2 aliphatic rings. The number of rotatable bonds is 2. The molecule has 1 unspecified atom stereocenters. The average Bonchev–Trinajstić information content (AvgIpc) is 3.04. The van der Waals surface area contributed by atoms with Crippen LogP contribution in [0.1, 0.15) is 23.3 Å². The zero-order valence-corrected chi connectivity index (χ0v) is 10.3. The lowest BCUT2D eigenvalue weighted by atomic mass is 10.1. The highest BCUT2D eigenvalue weighted by Gasteiger charge is 2.28. The lowest BCUT2D eigenvalue weighted by molar-refractivity contribution is 0.0776. The smallest absolute Gasteiger partial charge is 0.274 e. The normalized spacial score (nSPS) is 22.7. The van der Waals surface area contributed by atoms with Gasteiger partial charge >= 0.3 is 0 Å².